The lowest BCUT2D eigenvalue weighted by Crippen LogP contribution is -2.16. The fraction of sp³-hybridized carbons (Fsp3) is 0.357. The summed E-state index contributed by atoms with van der Waals surface area (Å²) in [5.74, 6) is -1.46. The molecule has 0 aliphatic heterocycles. The predicted molar refractivity (Wildman–Crippen MR) is 127 cm³/mol. The van der Waals surface area contributed by atoms with Gasteiger partial charge in [0, 0.05) is 22.7 Å². The first kappa shape index (κ1) is 25.8. The highest BCUT2D eigenvalue weighted by Gasteiger charge is 2.31. The van der Waals surface area contributed by atoms with Gasteiger partial charge in [0.1, 0.15) is 5.82 Å². The third-order valence-corrected chi connectivity index (χ3v) is 6.60. The molecule has 0 spiro atoms. The molecular formula is C28H27F4NO3. The zero-order chi connectivity index (χ0) is 25.9. The van der Waals surface area contributed by atoms with Crippen molar-refractivity contribution in [3.8, 4) is 11.1 Å². The van der Waals surface area contributed by atoms with Gasteiger partial charge in [-0.25, -0.2) is 9.18 Å². The molecule has 0 amide bonds. The van der Waals surface area contributed by atoms with Gasteiger partial charge in [0.15, 0.2) is 0 Å². The number of hydrogen-bond donors (Lipinski definition) is 1. The predicted octanol–water partition coefficient (Wildman–Crippen LogP) is 7.54. The van der Waals surface area contributed by atoms with Gasteiger partial charge in [-0.3, -0.25) is 4.98 Å². The van der Waals surface area contributed by atoms with E-state index in [0.29, 0.717) is 34.4 Å². The first-order valence-electron chi connectivity index (χ1n) is 12.0. The maximum absolute atomic E-state index is 13.7. The number of ether oxygens (including phenoxy) is 1. The summed E-state index contributed by atoms with van der Waals surface area (Å²) in [6.45, 7) is 1.71. The van der Waals surface area contributed by atoms with E-state index in [9.17, 15) is 27.5 Å². The second kappa shape index (κ2) is 10.8. The van der Waals surface area contributed by atoms with E-state index in [4.69, 9.17) is 9.72 Å². The number of carbonyl (C=O) groups is 1. The fourth-order valence-corrected chi connectivity index (χ4v) is 4.90. The minimum absolute atomic E-state index is 0.0357. The first-order chi connectivity index (χ1) is 17.2. The Morgan fingerprint density at radius 1 is 1.08 bits per heavy atom. The molecule has 1 fully saturated rings. The lowest BCUT2D eigenvalue weighted by molar-refractivity contribution is -0.137. The van der Waals surface area contributed by atoms with Crippen molar-refractivity contribution in [1.29, 1.82) is 0 Å². The standard InChI is InChI=1S/C28H27F4NO3/c1-2-23-25(27(34)35)24(18-10-12-21(29)13-11-18)22(26(33-23)19-7-3-4-8-19)16-36-15-17-6-5-9-20(14-17)28(30,31)32/h5-6,9-14,19H,2-4,7-8,15-16H2,1H3,(H,34,35). The number of benzene rings is 2. The van der Waals surface area contributed by atoms with Gasteiger partial charge in [0.2, 0.25) is 0 Å². The van der Waals surface area contributed by atoms with E-state index in [1.54, 1.807) is 6.07 Å². The van der Waals surface area contributed by atoms with Crippen molar-refractivity contribution in [3.05, 3.63) is 88.0 Å². The molecule has 1 saturated carbocycles. The number of aromatic carboxylic acids is 1. The smallest absolute Gasteiger partial charge is 0.416 e. The number of halogens is 4. The monoisotopic (exact) mass is 501 g/mol. The van der Waals surface area contributed by atoms with Crippen LogP contribution < -0.4 is 0 Å². The molecule has 190 valence electrons. The molecule has 8 heteroatoms. The number of alkyl halides is 3. The summed E-state index contributed by atoms with van der Waals surface area (Å²) in [6, 6.07) is 10.5. The van der Waals surface area contributed by atoms with Crippen molar-refractivity contribution in [2.24, 2.45) is 0 Å². The van der Waals surface area contributed by atoms with E-state index in [0.717, 1.165) is 43.5 Å². The Morgan fingerprint density at radius 2 is 1.78 bits per heavy atom. The average Bonchev–Trinajstić information content (AvgIpc) is 3.38. The number of hydrogen-bond acceptors (Lipinski definition) is 3. The Hall–Kier alpha value is -3.26. The van der Waals surface area contributed by atoms with Crippen molar-refractivity contribution in [2.75, 3.05) is 0 Å². The number of aromatic nitrogens is 1. The molecule has 1 N–H and O–H groups in total. The van der Waals surface area contributed by atoms with Crippen LogP contribution in [0.5, 0.6) is 0 Å². The molecule has 0 bridgehead atoms. The molecule has 4 rings (SSSR count). The second-order valence-electron chi connectivity index (χ2n) is 9.01. The number of carboxylic acid groups (broad SMARTS) is 1. The molecule has 0 radical (unpaired) electrons. The average molecular weight is 502 g/mol. The van der Waals surface area contributed by atoms with Crippen LogP contribution in [0.4, 0.5) is 17.6 Å². The van der Waals surface area contributed by atoms with Crippen LogP contribution in [0.2, 0.25) is 0 Å². The minimum atomic E-state index is -4.46. The maximum Gasteiger partial charge on any atom is 0.416 e. The number of carboxylic acids is 1. The van der Waals surface area contributed by atoms with Crippen LogP contribution in [0, 0.1) is 5.82 Å². The molecule has 1 aromatic heterocycles. The highest BCUT2D eigenvalue weighted by Crippen LogP contribution is 2.41. The van der Waals surface area contributed by atoms with Crippen LogP contribution in [0.1, 0.15) is 77.0 Å². The van der Waals surface area contributed by atoms with Crippen LogP contribution >= 0.6 is 0 Å². The summed E-state index contributed by atoms with van der Waals surface area (Å²) in [6.07, 6.45) is -0.174. The van der Waals surface area contributed by atoms with E-state index in [2.05, 4.69) is 0 Å². The van der Waals surface area contributed by atoms with Gasteiger partial charge in [-0.15, -0.1) is 0 Å². The van der Waals surface area contributed by atoms with Crippen LogP contribution in [-0.2, 0) is 30.5 Å². The van der Waals surface area contributed by atoms with Crippen molar-refractivity contribution in [3.63, 3.8) is 0 Å². The van der Waals surface area contributed by atoms with Crippen LogP contribution in [0.15, 0.2) is 48.5 Å². The Bertz CT molecular complexity index is 1230. The fourth-order valence-electron chi connectivity index (χ4n) is 4.90. The second-order valence-corrected chi connectivity index (χ2v) is 9.01. The Morgan fingerprint density at radius 3 is 2.39 bits per heavy atom. The summed E-state index contributed by atoms with van der Waals surface area (Å²) in [5.41, 5.74) is 2.40. The Kier molecular flexibility index (Phi) is 7.73. The lowest BCUT2D eigenvalue weighted by Gasteiger charge is -2.23. The molecule has 4 nitrogen and oxygen atoms in total. The van der Waals surface area contributed by atoms with Crippen LogP contribution in [0.3, 0.4) is 0 Å². The Balaban J connectivity index is 1.78. The largest absolute Gasteiger partial charge is 0.478 e. The summed E-state index contributed by atoms with van der Waals surface area (Å²) in [5, 5.41) is 10.1. The normalized spacial score (nSPS) is 14.4. The minimum Gasteiger partial charge on any atom is -0.478 e. The summed E-state index contributed by atoms with van der Waals surface area (Å²) < 4.78 is 58.9. The topological polar surface area (TPSA) is 59.4 Å². The lowest BCUT2D eigenvalue weighted by atomic mass is 9.87. The van der Waals surface area contributed by atoms with Gasteiger partial charge in [0.25, 0.3) is 0 Å². The molecule has 1 heterocycles. The van der Waals surface area contributed by atoms with Gasteiger partial charge in [-0.1, -0.05) is 44.0 Å². The number of rotatable bonds is 8. The molecule has 0 saturated heterocycles. The van der Waals surface area contributed by atoms with Crippen molar-refractivity contribution < 1.29 is 32.2 Å². The summed E-state index contributed by atoms with van der Waals surface area (Å²) in [4.78, 5) is 17.2. The summed E-state index contributed by atoms with van der Waals surface area (Å²) >= 11 is 0. The SMILES string of the molecule is CCc1nc(C2CCCC2)c(COCc2cccc(C(F)(F)F)c2)c(-c2ccc(F)cc2)c1C(=O)O. The van der Waals surface area contributed by atoms with E-state index >= 15 is 0 Å². The van der Waals surface area contributed by atoms with Gasteiger partial charge in [-0.2, -0.15) is 13.2 Å². The molecule has 0 atom stereocenters. The number of pyridine rings is 1. The molecule has 1 aliphatic carbocycles. The third-order valence-electron chi connectivity index (χ3n) is 6.60. The Labute approximate surface area is 207 Å². The molecule has 36 heavy (non-hydrogen) atoms. The maximum atomic E-state index is 13.7. The van der Waals surface area contributed by atoms with E-state index in [-0.39, 0.29) is 24.7 Å². The zero-order valence-corrected chi connectivity index (χ0v) is 19.9. The molecule has 3 aromatic rings. The molecule has 1 aliphatic rings. The van der Waals surface area contributed by atoms with Crippen molar-refractivity contribution >= 4 is 5.97 Å². The van der Waals surface area contributed by atoms with Gasteiger partial charge >= 0.3 is 12.1 Å². The van der Waals surface area contributed by atoms with Gasteiger partial charge < -0.3 is 9.84 Å². The van der Waals surface area contributed by atoms with E-state index < -0.39 is 23.5 Å². The quantitative estimate of drug-likeness (QED) is 0.324. The van der Waals surface area contributed by atoms with Gasteiger partial charge in [-0.05, 0) is 54.7 Å². The van der Waals surface area contributed by atoms with E-state index in [1.165, 1.54) is 30.3 Å². The van der Waals surface area contributed by atoms with E-state index in [1.807, 2.05) is 6.92 Å². The summed E-state index contributed by atoms with van der Waals surface area (Å²) in [7, 11) is 0. The first-order valence-corrected chi connectivity index (χ1v) is 12.0. The zero-order valence-electron chi connectivity index (χ0n) is 19.9. The number of nitrogens with zero attached hydrogens (tertiary/aromatic N) is 1. The highest BCUT2D eigenvalue weighted by atomic mass is 19.4. The highest BCUT2D eigenvalue weighted by molar-refractivity contribution is 5.98. The van der Waals surface area contributed by atoms with Crippen molar-refractivity contribution in [1.82, 2.24) is 4.98 Å². The van der Waals surface area contributed by atoms with Crippen LogP contribution in [0.25, 0.3) is 11.1 Å². The van der Waals surface area contributed by atoms with Crippen molar-refractivity contribution in [2.45, 2.75) is 64.3 Å². The molecule has 2 aromatic carbocycles. The third kappa shape index (κ3) is 5.59. The molecular weight excluding hydrogens is 474 g/mol. The van der Waals surface area contributed by atoms with Gasteiger partial charge in [0.05, 0.1) is 30.0 Å². The number of aryl methyl sites for hydroxylation is 1. The van der Waals surface area contributed by atoms with Crippen LogP contribution in [-0.4, -0.2) is 16.1 Å². The molecule has 0 unspecified atom stereocenters.